The molecule has 68 valence electrons. The second-order valence-electron chi connectivity index (χ2n) is 2.36. The van der Waals surface area contributed by atoms with Gasteiger partial charge in [-0.1, -0.05) is 0 Å². The first-order valence-electron chi connectivity index (χ1n) is 3.43. The summed E-state index contributed by atoms with van der Waals surface area (Å²) in [5, 5.41) is 2.73. The van der Waals surface area contributed by atoms with Gasteiger partial charge in [-0.25, -0.2) is 4.79 Å². The fourth-order valence-corrected chi connectivity index (χ4v) is 1.75. The molecule has 0 spiro atoms. The number of carbonyl (C=O) groups is 1. The van der Waals surface area contributed by atoms with Crippen LogP contribution in [0.2, 0.25) is 0 Å². The van der Waals surface area contributed by atoms with Gasteiger partial charge in [-0.2, -0.15) is 8.42 Å². The molecule has 1 aliphatic heterocycles. The molecule has 0 aromatic rings. The van der Waals surface area contributed by atoms with Gasteiger partial charge in [-0.3, -0.25) is 5.32 Å². The van der Waals surface area contributed by atoms with Gasteiger partial charge in [0.15, 0.2) is 0 Å². The Morgan fingerprint density at radius 3 is 2.83 bits per heavy atom. The van der Waals surface area contributed by atoms with E-state index in [1.165, 1.54) is 7.11 Å². The smallest absolute Gasteiger partial charge is 0.328 e. The van der Waals surface area contributed by atoms with Crippen molar-refractivity contribution in [1.82, 2.24) is 5.32 Å². The van der Waals surface area contributed by atoms with Crippen LogP contribution in [0.15, 0.2) is 0 Å². The lowest BCUT2D eigenvalue weighted by Crippen LogP contribution is -2.37. The summed E-state index contributed by atoms with van der Waals surface area (Å²) in [7, 11) is -1.06. The third kappa shape index (κ3) is 1.64. The molecule has 6 heteroatoms. The number of hydrogen-bond donors (Lipinski definition) is 1. The predicted molar refractivity (Wildman–Crippen MR) is 42.4 cm³/mol. The van der Waals surface area contributed by atoms with Gasteiger partial charge in [0.05, 0.1) is 12.0 Å². The Kier molecular flexibility index (Phi) is 2.83. The van der Waals surface area contributed by atoms with Crippen LogP contribution < -0.4 is 5.32 Å². The maximum absolute atomic E-state index is 11.0. The Morgan fingerprint density at radius 1 is 1.67 bits per heavy atom. The van der Waals surface area contributed by atoms with Gasteiger partial charge in [-0.05, 0) is 6.42 Å². The summed E-state index contributed by atoms with van der Waals surface area (Å²) in [6.07, 6.45) is 0.385. The van der Waals surface area contributed by atoms with Gasteiger partial charge in [0, 0.05) is 6.54 Å². The molecular formula is C6H9NO4S. The van der Waals surface area contributed by atoms with E-state index >= 15 is 0 Å². The number of methoxy groups -OCH3 is 1. The molecule has 0 amide bonds. The zero-order valence-corrected chi connectivity index (χ0v) is 7.35. The van der Waals surface area contributed by atoms with Crippen molar-refractivity contribution in [2.24, 2.45) is 0 Å². The Hall–Kier alpha value is -0.880. The van der Waals surface area contributed by atoms with E-state index in [0.717, 1.165) is 0 Å². The van der Waals surface area contributed by atoms with E-state index in [4.69, 9.17) is 0 Å². The minimum absolute atomic E-state index is 0.182. The largest absolute Gasteiger partial charge is 0.468 e. The highest BCUT2D eigenvalue weighted by Crippen LogP contribution is 2.02. The first kappa shape index (κ1) is 9.21. The van der Waals surface area contributed by atoms with Gasteiger partial charge in [-0.15, -0.1) is 0 Å². The molecule has 5 nitrogen and oxygen atoms in total. The van der Waals surface area contributed by atoms with E-state index in [-0.39, 0.29) is 4.86 Å². The first-order chi connectivity index (χ1) is 5.66. The van der Waals surface area contributed by atoms with Crippen LogP contribution in [0.4, 0.5) is 0 Å². The van der Waals surface area contributed by atoms with E-state index in [1.807, 2.05) is 0 Å². The maximum atomic E-state index is 11.0. The van der Waals surface area contributed by atoms with Crippen LogP contribution >= 0.6 is 0 Å². The number of ether oxygens (including phenoxy) is 1. The molecule has 1 fully saturated rings. The summed E-state index contributed by atoms with van der Waals surface area (Å²) in [4.78, 5) is 11.1. The average molecular weight is 191 g/mol. The topological polar surface area (TPSA) is 72.5 Å². The molecule has 0 radical (unpaired) electrons. The van der Waals surface area contributed by atoms with Gasteiger partial charge in [0.25, 0.3) is 0 Å². The van der Waals surface area contributed by atoms with Crippen molar-refractivity contribution in [3.05, 3.63) is 0 Å². The molecule has 1 atom stereocenters. The Balaban J connectivity index is 2.93. The normalized spacial score (nSPS) is 22.4. The number of nitrogens with one attached hydrogen (secondary N) is 1. The minimum Gasteiger partial charge on any atom is -0.468 e. The molecule has 1 aliphatic rings. The highest BCUT2D eigenvalue weighted by atomic mass is 32.2. The quantitative estimate of drug-likeness (QED) is 0.406. The summed E-state index contributed by atoms with van der Waals surface area (Å²) in [6, 6.07) is -0.770. The first-order valence-corrected chi connectivity index (χ1v) is 4.50. The molecule has 0 aromatic carbocycles. The second-order valence-corrected chi connectivity index (χ2v) is 3.36. The number of esters is 1. The molecule has 0 bridgehead atoms. The standard InChI is InChI=1S/C6H9NO4S/c1-11-6(8)5-4(12(9)10)2-3-7-5/h5,7H,2-3H2,1H3. The minimum atomic E-state index is -2.29. The molecule has 1 unspecified atom stereocenters. The van der Waals surface area contributed by atoms with Crippen LogP contribution in [-0.4, -0.2) is 38.9 Å². The zero-order chi connectivity index (χ0) is 9.14. The molecule has 12 heavy (non-hydrogen) atoms. The molecule has 1 saturated heterocycles. The Labute approximate surface area is 71.2 Å². The maximum Gasteiger partial charge on any atom is 0.328 e. The highest BCUT2D eigenvalue weighted by molar-refractivity contribution is 7.73. The molecule has 1 N–H and O–H groups in total. The Morgan fingerprint density at radius 2 is 2.33 bits per heavy atom. The van der Waals surface area contributed by atoms with Crippen LogP contribution in [0.5, 0.6) is 0 Å². The van der Waals surface area contributed by atoms with E-state index in [2.05, 4.69) is 10.1 Å². The lowest BCUT2D eigenvalue weighted by molar-refractivity contribution is -0.140. The van der Waals surface area contributed by atoms with Crippen LogP contribution in [0.25, 0.3) is 0 Å². The van der Waals surface area contributed by atoms with E-state index in [1.54, 1.807) is 0 Å². The second kappa shape index (κ2) is 3.68. The van der Waals surface area contributed by atoms with Crippen LogP contribution in [0, 0.1) is 0 Å². The summed E-state index contributed by atoms with van der Waals surface area (Å²) in [5.41, 5.74) is 0. The fraction of sp³-hybridized carbons (Fsp3) is 0.667. The van der Waals surface area contributed by atoms with Crippen LogP contribution in [-0.2, 0) is 19.8 Å². The van der Waals surface area contributed by atoms with Gasteiger partial charge in [0.2, 0.25) is 10.3 Å². The fourth-order valence-electron chi connectivity index (χ4n) is 1.11. The van der Waals surface area contributed by atoms with Crippen LogP contribution in [0.1, 0.15) is 6.42 Å². The lowest BCUT2D eigenvalue weighted by Gasteiger charge is -2.05. The molecule has 1 heterocycles. The molecule has 1 rings (SSSR count). The van der Waals surface area contributed by atoms with Crippen molar-refractivity contribution in [3.8, 4) is 0 Å². The lowest BCUT2D eigenvalue weighted by atomic mass is 10.2. The van der Waals surface area contributed by atoms with Crippen molar-refractivity contribution >= 4 is 21.1 Å². The van der Waals surface area contributed by atoms with Crippen LogP contribution in [0.3, 0.4) is 0 Å². The predicted octanol–water partition coefficient (Wildman–Crippen LogP) is -1.43. The van der Waals surface area contributed by atoms with Crippen molar-refractivity contribution in [3.63, 3.8) is 0 Å². The third-order valence-electron chi connectivity index (χ3n) is 1.69. The van der Waals surface area contributed by atoms with Crippen molar-refractivity contribution in [2.75, 3.05) is 13.7 Å². The number of rotatable bonds is 1. The van der Waals surface area contributed by atoms with Gasteiger partial charge < -0.3 is 4.74 Å². The van der Waals surface area contributed by atoms with E-state index < -0.39 is 22.3 Å². The van der Waals surface area contributed by atoms with Crippen molar-refractivity contribution in [2.45, 2.75) is 12.5 Å². The van der Waals surface area contributed by atoms with Crippen molar-refractivity contribution < 1.29 is 17.9 Å². The monoisotopic (exact) mass is 191 g/mol. The summed E-state index contributed by atoms with van der Waals surface area (Å²) in [6.45, 7) is 0.503. The summed E-state index contributed by atoms with van der Waals surface area (Å²) >= 11 is 0. The van der Waals surface area contributed by atoms with E-state index in [0.29, 0.717) is 13.0 Å². The van der Waals surface area contributed by atoms with Gasteiger partial charge >= 0.3 is 5.97 Å². The SMILES string of the molecule is COC(=O)C1NCCC1=S(=O)=O. The molecular weight excluding hydrogens is 182 g/mol. The molecule has 0 aromatic heterocycles. The highest BCUT2D eigenvalue weighted by Gasteiger charge is 2.30. The van der Waals surface area contributed by atoms with Crippen molar-refractivity contribution in [1.29, 1.82) is 0 Å². The van der Waals surface area contributed by atoms with E-state index in [9.17, 15) is 13.2 Å². The number of carbonyl (C=O) groups excluding carboxylic acids is 1. The Bertz CT molecular complexity index is 310. The molecule has 0 saturated carbocycles. The summed E-state index contributed by atoms with van der Waals surface area (Å²) < 4.78 is 25.5. The average Bonchev–Trinajstić information content (AvgIpc) is 2.50. The molecule has 0 aliphatic carbocycles. The van der Waals surface area contributed by atoms with Gasteiger partial charge in [0.1, 0.15) is 6.04 Å². The zero-order valence-electron chi connectivity index (χ0n) is 6.53. The summed E-state index contributed by atoms with van der Waals surface area (Å²) in [5.74, 6) is -0.549. The number of hydrogen-bond acceptors (Lipinski definition) is 5. The third-order valence-corrected chi connectivity index (χ3v) is 2.56.